The number of hydrogen-bond donors (Lipinski definition) is 0. The molecule has 2 aromatic carbocycles. The van der Waals surface area contributed by atoms with E-state index < -0.39 is 12.0 Å². The zero-order valence-corrected chi connectivity index (χ0v) is 22.9. The SMILES string of the molecule is CCOC(=O)C1=C(C)N=c2s/c(=C/c3cc4c(cc3Br)OCO4)c(=O)n2C1c1cc(OC)ccc1OC. The summed E-state index contributed by atoms with van der Waals surface area (Å²) >= 11 is 4.78. The maximum Gasteiger partial charge on any atom is 0.338 e. The number of carbonyl (C=O) groups is 1. The van der Waals surface area contributed by atoms with Gasteiger partial charge in [-0.1, -0.05) is 27.3 Å². The minimum absolute atomic E-state index is 0.145. The molecule has 0 saturated heterocycles. The number of carbonyl (C=O) groups excluding carboxylic acids is 1. The molecule has 0 aliphatic carbocycles. The Kier molecular flexibility index (Phi) is 6.82. The van der Waals surface area contributed by atoms with Crippen LogP contribution >= 0.6 is 27.3 Å². The van der Waals surface area contributed by atoms with E-state index in [1.807, 2.05) is 6.07 Å². The summed E-state index contributed by atoms with van der Waals surface area (Å²) in [6.45, 7) is 3.79. The summed E-state index contributed by atoms with van der Waals surface area (Å²) in [6.07, 6.45) is 1.76. The highest BCUT2D eigenvalue weighted by atomic mass is 79.9. The molecule has 0 N–H and O–H groups in total. The van der Waals surface area contributed by atoms with E-state index in [0.29, 0.717) is 43.6 Å². The van der Waals surface area contributed by atoms with Crippen LogP contribution in [0.1, 0.15) is 31.0 Å². The normalized spacial score (nSPS) is 16.4. The fourth-order valence-electron chi connectivity index (χ4n) is 4.32. The summed E-state index contributed by atoms with van der Waals surface area (Å²) in [6, 6.07) is 8.03. The summed E-state index contributed by atoms with van der Waals surface area (Å²) in [5, 5.41) is 0. The third-order valence-corrected chi connectivity index (χ3v) is 7.70. The highest BCUT2D eigenvalue weighted by Gasteiger charge is 2.35. The molecular weight excluding hydrogens is 564 g/mol. The van der Waals surface area contributed by atoms with Gasteiger partial charge in [0, 0.05) is 10.0 Å². The number of ether oxygens (including phenoxy) is 5. The van der Waals surface area contributed by atoms with Crippen LogP contribution in [0, 0.1) is 0 Å². The first-order valence-corrected chi connectivity index (χ1v) is 13.0. The van der Waals surface area contributed by atoms with Crippen LogP contribution in [0.15, 0.2) is 55.9 Å². The monoisotopic (exact) mass is 586 g/mol. The maximum absolute atomic E-state index is 13.9. The molecule has 192 valence electrons. The Hall–Kier alpha value is -3.57. The molecule has 37 heavy (non-hydrogen) atoms. The third kappa shape index (κ3) is 4.42. The van der Waals surface area contributed by atoms with Crippen LogP contribution in [-0.4, -0.2) is 38.2 Å². The fourth-order valence-corrected chi connectivity index (χ4v) is 5.80. The van der Waals surface area contributed by atoms with Gasteiger partial charge in [0.1, 0.15) is 17.5 Å². The molecule has 11 heteroatoms. The van der Waals surface area contributed by atoms with E-state index in [0.717, 1.165) is 10.0 Å². The fraction of sp³-hybridized carbons (Fsp3) is 0.269. The van der Waals surface area contributed by atoms with Gasteiger partial charge in [0.05, 0.1) is 36.6 Å². The Bertz CT molecular complexity index is 1620. The molecule has 5 rings (SSSR count). The van der Waals surface area contributed by atoms with Gasteiger partial charge in [0.2, 0.25) is 6.79 Å². The van der Waals surface area contributed by atoms with Crippen molar-refractivity contribution >= 4 is 39.3 Å². The molecule has 3 aromatic rings. The van der Waals surface area contributed by atoms with Crippen molar-refractivity contribution in [2.24, 2.45) is 4.99 Å². The second kappa shape index (κ2) is 10.1. The Morgan fingerprint density at radius 3 is 2.68 bits per heavy atom. The van der Waals surface area contributed by atoms with Crippen LogP contribution in [-0.2, 0) is 9.53 Å². The number of esters is 1. The van der Waals surface area contributed by atoms with E-state index in [9.17, 15) is 9.59 Å². The summed E-state index contributed by atoms with van der Waals surface area (Å²) in [7, 11) is 3.08. The van der Waals surface area contributed by atoms with Crippen molar-refractivity contribution in [1.29, 1.82) is 0 Å². The van der Waals surface area contributed by atoms with Crippen molar-refractivity contribution in [3.05, 3.63) is 76.9 Å². The first-order valence-electron chi connectivity index (χ1n) is 11.4. The number of benzene rings is 2. The number of hydrogen-bond acceptors (Lipinski definition) is 9. The lowest BCUT2D eigenvalue weighted by Crippen LogP contribution is -2.40. The minimum atomic E-state index is -0.831. The molecule has 0 amide bonds. The molecule has 3 heterocycles. The van der Waals surface area contributed by atoms with E-state index >= 15 is 0 Å². The molecule has 1 aromatic heterocycles. The van der Waals surface area contributed by atoms with Gasteiger partial charge in [0.25, 0.3) is 5.56 Å². The highest BCUT2D eigenvalue weighted by molar-refractivity contribution is 9.10. The lowest BCUT2D eigenvalue weighted by Gasteiger charge is -2.26. The number of rotatable bonds is 6. The van der Waals surface area contributed by atoms with E-state index in [1.54, 1.807) is 51.3 Å². The lowest BCUT2D eigenvalue weighted by molar-refractivity contribution is -0.139. The van der Waals surface area contributed by atoms with Crippen LogP contribution in [0.3, 0.4) is 0 Å². The zero-order chi connectivity index (χ0) is 26.3. The molecular formula is C26H23BrN2O7S. The number of thiazole rings is 1. The van der Waals surface area contributed by atoms with Crippen LogP contribution < -0.4 is 33.8 Å². The Morgan fingerprint density at radius 1 is 1.22 bits per heavy atom. The number of halogens is 1. The van der Waals surface area contributed by atoms with Gasteiger partial charge in [-0.3, -0.25) is 9.36 Å². The largest absolute Gasteiger partial charge is 0.497 e. The van der Waals surface area contributed by atoms with E-state index in [4.69, 9.17) is 23.7 Å². The average Bonchev–Trinajstić information content (AvgIpc) is 3.46. The predicted molar refractivity (Wildman–Crippen MR) is 140 cm³/mol. The predicted octanol–water partition coefficient (Wildman–Crippen LogP) is 3.31. The molecule has 0 radical (unpaired) electrons. The Morgan fingerprint density at radius 2 is 1.97 bits per heavy atom. The molecule has 2 aliphatic heterocycles. The molecule has 9 nitrogen and oxygen atoms in total. The number of methoxy groups -OCH3 is 2. The van der Waals surface area contributed by atoms with E-state index in [1.165, 1.54) is 23.0 Å². The molecule has 1 unspecified atom stereocenters. The second-order valence-electron chi connectivity index (χ2n) is 8.14. The van der Waals surface area contributed by atoms with Crippen LogP contribution in [0.25, 0.3) is 6.08 Å². The first-order chi connectivity index (χ1) is 17.9. The molecule has 1 atom stereocenters. The Labute approximate surface area is 224 Å². The second-order valence-corrected chi connectivity index (χ2v) is 10.0. The van der Waals surface area contributed by atoms with Crippen molar-refractivity contribution in [3.63, 3.8) is 0 Å². The maximum atomic E-state index is 13.9. The van der Waals surface area contributed by atoms with Gasteiger partial charge >= 0.3 is 5.97 Å². The number of aromatic nitrogens is 1. The topological polar surface area (TPSA) is 97.6 Å². The van der Waals surface area contributed by atoms with Crippen LogP contribution in [0.2, 0.25) is 0 Å². The highest BCUT2D eigenvalue weighted by Crippen LogP contribution is 2.39. The van der Waals surface area contributed by atoms with E-state index in [-0.39, 0.29) is 24.5 Å². The van der Waals surface area contributed by atoms with Gasteiger partial charge in [-0.05, 0) is 55.8 Å². The van der Waals surface area contributed by atoms with Crippen LogP contribution in [0.4, 0.5) is 0 Å². The van der Waals surface area contributed by atoms with Gasteiger partial charge in [-0.2, -0.15) is 0 Å². The molecule has 0 bridgehead atoms. The molecule has 2 aliphatic rings. The quantitative estimate of drug-likeness (QED) is 0.409. The molecule has 0 fully saturated rings. The Balaban J connectivity index is 1.76. The van der Waals surface area contributed by atoms with Crippen molar-refractivity contribution in [2.75, 3.05) is 27.6 Å². The van der Waals surface area contributed by atoms with Crippen molar-refractivity contribution in [3.8, 4) is 23.0 Å². The third-order valence-electron chi connectivity index (χ3n) is 6.03. The smallest absolute Gasteiger partial charge is 0.338 e. The van der Waals surface area contributed by atoms with Gasteiger partial charge in [0.15, 0.2) is 16.3 Å². The first kappa shape index (κ1) is 25.1. The standard InChI is InChI=1S/C26H23BrN2O7S/c1-5-34-25(31)22-13(2)28-26-29(23(22)16-10-15(32-3)6-7-18(16)33-4)24(30)21(37-26)9-14-8-19-20(11-17(14)27)36-12-35-19/h6-11,23H,5,12H2,1-4H3/b21-9+. The van der Waals surface area contributed by atoms with Crippen LogP contribution in [0.5, 0.6) is 23.0 Å². The van der Waals surface area contributed by atoms with Crippen molar-refractivity contribution < 1.29 is 28.5 Å². The van der Waals surface area contributed by atoms with Crippen molar-refractivity contribution in [2.45, 2.75) is 19.9 Å². The number of fused-ring (bicyclic) bond motifs is 2. The summed E-state index contributed by atoms with van der Waals surface area (Å²) in [5.74, 6) is 1.73. The zero-order valence-electron chi connectivity index (χ0n) is 20.5. The number of nitrogens with zero attached hydrogens (tertiary/aromatic N) is 2. The van der Waals surface area contributed by atoms with E-state index in [2.05, 4.69) is 20.9 Å². The number of allylic oxidation sites excluding steroid dienone is 1. The van der Waals surface area contributed by atoms with Gasteiger partial charge in [-0.15, -0.1) is 0 Å². The van der Waals surface area contributed by atoms with Gasteiger partial charge < -0.3 is 23.7 Å². The molecule has 0 spiro atoms. The molecule has 0 saturated carbocycles. The lowest BCUT2D eigenvalue weighted by atomic mass is 9.94. The average molecular weight is 587 g/mol. The summed E-state index contributed by atoms with van der Waals surface area (Å²) in [5.41, 5.74) is 1.74. The minimum Gasteiger partial charge on any atom is -0.497 e. The van der Waals surface area contributed by atoms with Gasteiger partial charge in [-0.25, -0.2) is 9.79 Å². The summed E-state index contributed by atoms with van der Waals surface area (Å²) < 4.78 is 30.0. The summed E-state index contributed by atoms with van der Waals surface area (Å²) in [4.78, 5) is 32.1. The van der Waals surface area contributed by atoms with Crippen molar-refractivity contribution in [1.82, 2.24) is 4.57 Å².